The largest absolute Gasteiger partial charge is 0.145 e. The molecule has 0 aliphatic heterocycles. The van der Waals surface area contributed by atoms with E-state index in [1.807, 2.05) is 11.3 Å². The monoisotopic (exact) mass is 444 g/mol. The third-order valence-electron chi connectivity index (χ3n) is 8.79. The normalized spacial score (nSPS) is 31.1. The minimum absolute atomic E-state index is 0.310. The van der Waals surface area contributed by atoms with Crippen molar-refractivity contribution in [2.75, 3.05) is 0 Å². The fourth-order valence-corrected chi connectivity index (χ4v) is 8.26. The standard InChI is InChI=1S/C30H52S/c1-21-10-17-27(31-21)30(8,9)20-25-16-15-24(18-26(25)29(5,6)7)23-13-11-22(12-14-23)19-28(2,3)4/h10,17,22-26H,11-16,18-20H2,1-9H3. The number of rotatable bonds is 5. The van der Waals surface area contributed by atoms with Gasteiger partial charge in [-0.3, -0.25) is 0 Å². The first-order chi connectivity index (χ1) is 14.2. The highest BCUT2D eigenvalue weighted by Crippen LogP contribution is 2.52. The molecule has 0 amide bonds. The van der Waals surface area contributed by atoms with Gasteiger partial charge < -0.3 is 0 Å². The lowest BCUT2D eigenvalue weighted by atomic mass is 9.57. The van der Waals surface area contributed by atoms with Crippen molar-refractivity contribution >= 4 is 11.3 Å². The molecule has 2 fully saturated rings. The lowest BCUT2D eigenvalue weighted by molar-refractivity contribution is 0.0284. The van der Waals surface area contributed by atoms with Crippen LogP contribution in [0.2, 0.25) is 0 Å². The molecule has 31 heavy (non-hydrogen) atoms. The van der Waals surface area contributed by atoms with E-state index in [0.29, 0.717) is 16.2 Å². The molecule has 0 N–H and O–H groups in total. The van der Waals surface area contributed by atoms with Crippen molar-refractivity contribution in [1.82, 2.24) is 0 Å². The summed E-state index contributed by atoms with van der Waals surface area (Å²) in [5, 5.41) is 0. The van der Waals surface area contributed by atoms with E-state index in [9.17, 15) is 0 Å². The van der Waals surface area contributed by atoms with Gasteiger partial charge in [0.25, 0.3) is 0 Å². The Labute approximate surface area is 199 Å². The molecule has 1 heteroatoms. The van der Waals surface area contributed by atoms with E-state index in [1.165, 1.54) is 62.7 Å². The Morgan fingerprint density at radius 3 is 1.90 bits per heavy atom. The molecule has 0 bridgehead atoms. The van der Waals surface area contributed by atoms with Crippen molar-refractivity contribution in [3.63, 3.8) is 0 Å². The van der Waals surface area contributed by atoms with E-state index < -0.39 is 0 Å². The van der Waals surface area contributed by atoms with Crippen LogP contribution in [0.25, 0.3) is 0 Å². The van der Waals surface area contributed by atoms with Gasteiger partial charge in [-0.15, -0.1) is 11.3 Å². The highest BCUT2D eigenvalue weighted by molar-refractivity contribution is 7.12. The summed E-state index contributed by atoms with van der Waals surface area (Å²) in [5.41, 5.74) is 1.24. The molecule has 2 saturated carbocycles. The summed E-state index contributed by atoms with van der Waals surface area (Å²) in [6.45, 7) is 22.1. The molecule has 0 radical (unpaired) electrons. The molecule has 178 valence electrons. The quantitative estimate of drug-likeness (QED) is 0.423. The first-order valence-corrected chi connectivity index (χ1v) is 14.1. The Hall–Kier alpha value is -0.300. The second-order valence-corrected chi connectivity index (χ2v) is 15.6. The maximum atomic E-state index is 2.52. The number of aryl methyl sites for hydroxylation is 1. The summed E-state index contributed by atoms with van der Waals surface area (Å²) >= 11 is 2.02. The Balaban J connectivity index is 1.63. The van der Waals surface area contributed by atoms with Crippen LogP contribution >= 0.6 is 11.3 Å². The zero-order chi connectivity index (χ0) is 23.0. The second-order valence-electron chi connectivity index (χ2n) is 14.3. The Morgan fingerprint density at radius 2 is 1.39 bits per heavy atom. The van der Waals surface area contributed by atoms with Crippen molar-refractivity contribution in [3.05, 3.63) is 21.9 Å². The van der Waals surface area contributed by atoms with Crippen LogP contribution in [0.15, 0.2) is 12.1 Å². The lowest BCUT2D eigenvalue weighted by Crippen LogP contribution is -2.39. The van der Waals surface area contributed by atoms with Crippen molar-refractivity contribution in [2.24, 2.45) is 40.4 Å². The molecule has 2 aliphatic rings. The highest BCUT2D eigenvalue weighted by Gasteiger charge is 2.42. The van der Waals surface area contributed by atoms with Crippen LogP contribution in [0.3, 0.4) is 0 Å². The molecule has 3 atom stereocenters. The van der Waals surface area contributed by atoms with Gasteiger partial charge in [0.1, 0.15) is 0 Å². The Kier molecular flexibility index (Phi) is 7.77. The van der Waals surface area contributed by atoms with Crippen molar-refractivity contribution in [1.29, 1.82) is 0 Å². The molecule has 0 spiro atoms. The van der Waals surface area contributed by atoms with Gasteiger partial charge in [-0.2, -0.15) is 0 Å². The van der Waals surface area contributed by atoms with E-state index in [2.05, 4.69) is 74.4 Å². The number of thiophene rings is 1. The van der Waals surface area contributed by atoms with Crippen LogP contribution in [0.4, 0.5) is 0 Å². The van der Waals surface area contributed by atoms with E-state index in [1.54, 1.807) is 4.88 Å². The molecule has 3 rings (SSSR count). The van der Waals surface area contributed by atoms with E-state index in [0.717, 1.165) is 29.6 Å². The van der Waals surface area contributed by atoms with E-state index in [-0.39, 0.29) is 0 Å². The van der Waals surface area contributed by atoms with Crippen LogP contribution < -0.4 is 0 Å². The third-order valence-corrected chi connectivity index (χ3v) is 10.2. The Morgan fingerprint density at radius 1 is 0.774 bits per heavy atom. The van der Waals surface area contributed by atoms with Gasteiger partial charge in [0, 0.05) is 9.75 Å². The predicted octanol–water partition coefficient (Wildman–Crippen LogP) is 10.0. The molecule has 1 heterocycles. The zero-order valence-electron chi connectivity index (χ0n) is 22.3. The van der Waals surface area contributed by atoms with Crippen molar-refractivity contribution < 1.29 is 0 Å². The maximum absolute atomic E-state index is 2.52. The first-order valence-electron chi connectivity index (χ1n) is 13.3. The van der Waals surface area contributed by atoms with Crippen molar-refractivity contribution in [3.8, 4) is 0 Å². The van der Waals surface area contributed by atoms with Gasteiger partial charge in [-0.05, 0) is 110 Å². The van der Waals surface area contributed by atoms with Gasteiger partial charge in [0.05, 0.1) is 0 Å². The van der Waals surface area contributed by atoms with Gasteiger partial charge in [0.2, 0.25) is 0 Å². The average Bonchev–Trinajstić information content (AvgIpc) is 3.08. The van der Waals surface area contributed by atoms with E-state index >= 15 is 0 Å². The molecule has 1 aromatic rings. The van der Waals surface area contributed by atoms with Gasteiger partial charge in [-0.25, -0.2) is 0 Å². The minimum Gasteiger partial charge on any atom is -0.145 e. The van der Waals surface area contributed by atoms with Gasteiger partial charge in [-0.1, -0.05) is 68.2 Å². The van der Waals surface area contributed by atoms with E-state index in [4.69, 9.17) is 0 Å². The molecule has 1 aromatic heterocycles. The minimum atomic E-state index is 0.310. The van der Waals surface area contributed by atoms with Crippen LogP contribution in [-0.2, 0) is 5.41 Å². The topological polar surface area (TPSA) is 0 Å². The SMILES string of the molecule is Cc1ccc(C(C)(C)CC2CCC(C3CCC(CC(C)(C)C)CC3)CC2C(C)(C)C)s1. The maximum Gasteiger partial charge on any atom is 0.0104 e. The van der Waals surface area contributed by atoms with Crippen LogP contribution in [-0.4, -0.2) is 0 Å². The molecule has 0 nitrogen and oxygen atoms in total. The second kappa shape index (κ2) is 9.52. The number of hydrogen-bond donors (Lipinski definition) is 0. The molecular formula is C30H52S. The first kappa shape index (κ1) is 25.3. The van der Waals surface area contributed by atoms with Crippen LogP contribution in [0.1, 0.15) is 123 Å². The summed E-state index contributed by atoms with van der Waals surface area (Å²) in [6.07, 6.45) is 13.2. The highest BCUT2D eigenvalue weighted by atomic mass is 32.1. The lowest BCUT2D eigenvalue weighted by Gasteiger charge is -2.48. The molecule has 0 aromatic carbocycles. The molecule has 0 saturated heterocycles. The summed E-state index contributed by atoms with van der Waals surface area (Å²) in [5.74, 6) is 4.74. The van der Waals surface area contributed by atoms with Crippen molar-refractivity contribution in [2.45, 2.75) is 126 Å². The third kappa shape index (κ3) is 6.84. The van der Waals surface area contributed by atoms with Gasteiger partial charge in [0.15, 0.2) is 0 Å². The summed E-state index contributed by atoms with van der Waals surface area (Å²) in [7, 11) is 0. The molecule has 3 unspecified atom stereocenters. The molecular weight excluding hydrogens is 392 g/mol. The average molecular weight is 445 g/mol. The predicted molar refractivity (Wildman–Crippen MR) is 140 cm³/mol. The summed E-state index contributed by atoms with van der Waals surface area (Å²) in [4.78, 5) is 3.05. The fraction of sp³-hybridized carbons (Fsp3) is 0.867. The van der Waals surface area contributed by atoms with Gasteiger partial charge >= 0.3 is 0 Å². The van der Waals surface area contributed by atoms with Crippen LogP contribution in [0, 0.1) is 47.3 Å². The zero-order valence-corrected chi connectivity index (χ0v) is 23.1. The molecule has 2 aliphatic carbocycles. The number of hydrogen-bond acceptors (Lipinski definition) is 1. The summed E-state index contributed by atoms with van der Waals surface area (Å²) < 4.78 is 0. The Bertz CT molecular complexity index is 687. The smallest absolute Gasteiger partial charge is 0.0104 e. The fourth-order valence-electron chi connectivity index (χ4n) is 7.28. The van der Waals surface area contributed by atoms with Crippen LogP contribution in [0.5, 0.6) is 0 Å². The summed E-state index contributed by atoms with van der Waals surface area (Å²) in [6, 6.07) is 4.71.